The average Bonchev–Trinajstić information content (AvgIpc) is 2.29. The van der Waals surface area contributed by atoms with E-state index in [-0.39, 0.29) is 16.2 Å². The molecule has 1 rings (SSSR count). The highest BCUT2D eigenvalue weighted by Gasteiger charge is 2.20. The van der Waals surface area contributed by atoms with Crippen LogP contribution in [0.3, 0.4) is 0 Å². The van der Waals surface area contributed by atoms with Crippen molar-refractivity contribution in [3.8, 4) is 0 Å². The highest BCUT2D eigenvalue weighted by atomic mass is 32.2. The Morgan fingerprint density at radius 2 is 2.00 bits per heavy atom. The molecule has 88 valence electrons. The number of carbonyl (C=O) groups is 1. The minimum absolute atomic E-state index is 0.0204. The summed E-state index contributed by atoms with van der Waals surface area (Å²) in [5.74, 6) is -0.625. The molecule has 0 heterocycles. The zero-order chi connectivity index (χ0) is 12.2. The zero-order valence-corrected chi connectivity index (χ0v) is 9.87. The molecular formula is C10H13NO4S. The predicted molar refractivity (Wildman–Crippen MR) is 58.6 cm³/mol. The Morgan fingerprint density at radius 3 is 2.56 bits per heavy atom. The molecule has 0 aromatic heterocycles. The fraction of sp³-hybridized carbons (Fsp3) is 0.300. The third-order valence-corrected chi connectivity index (χ3v) is 3.83. The summed E-state index contributed by atoms with van der Waals surface area (Å²) < 4.78 is 23.4. The first-order valence-electron chi connectivity index (χ1n) is 4.68. The fourth-order valence-electron chi connectivity index (χ4n) is 1.23. The van der Waals surface area contributed by atoms with Crippen LogP contribution in [0.1, 0.15) is 17.3 Å². The number of rotatable bonds is 4. The van der Waals surface area contributed by atoms with Crippen LogP contribution in [0.4, 0.5) is 0 Å². The van der Waals surface area contributed by atoms with E-state index < -0.39 is 15.7 Å². The van der Waals surface area contributed by atoms with Gasteiger partial charge in [-0.2, -0.15) is 0 Å². The highest BCUT2D eigenvalue weighted by Crippen LogP contribution is 2.16. The first-order chi connectivity index (χ1) is 7.53. The predicted octanol–water partition coefficient (Wildman–Crippen LogP) is 0.771. The van der Waals surface area contributed by atoms with Crippen molar-refractivity contribution in [2.45, 2.75) is 11.8 Å². The number of sulfone groups is 1. The average molecular weight is 243 g/mol. The van der Waals surface area contributed by atoms with Gasteiger partial charge in [0.15, 0.2) is 9.84 Å². The molecule has 16 heavy (non-hydrogen) atoms. The van der Waals surface area contributed by atoms with Crippen molar-refractivity contribution in [3.63, 3.8) is 0 Å². The lowest BCUT2D eigenvalue weighted by Crippen LogP contribution is -2.24. The summed E-state index contributed by atoms with van der Waals surface area (Å²) in [5.41, 5.74) is 2.18. The number of hydrogen-bond donors (Lipinski definition) is 1. The van der Waals surface area contributed by atoms with Crippen LogP contribution in [0.2, 0.25) is 0 Å². The Hall–Kier alpha value is -1.40. The Bertz CT molecular complexity index is 481. The molecule has 1 aromatic rings. The molecule has 0 bridgehead atoms. The zero-order valence-electron chi connectivity index (χ0n) is 9.06. The van der Waals surface area contributed by atoms with E-state index in [4.69, 9.17) is 0 Å². The second kappa shape index (κ2) is 5.09. The van der Waals surface area contributed by atoms with Crippen molar-refractivity contribution < 1.29 is 18.0 Å². The number of amides is 1. The minimum Gasteiger partial charge on any atom is -0.277 e. The molecule has 1 N–H and O–H groups in total. The lowest BCUT2D eigenvalue weighted by atomic mass is 10.2. The SMILES string of the molecule is CCS(=O)(=O)c1ccccc1C(=O)NOC. The van der Waals surface area contributed by atoms with Gasteiger partial charge in [0.25, 0.3) is 5.91 Å². The number of carbonyl (C=O) groups excluding carboxylic acids is 1. The summed E-state index contributed by atoms with van der Waals surface area (Å²) in [6.45, 7) is 1.53. The van der Waals surface area contributed by atoms with Gasteiger partial charge in [-0.1, -0.05) is 19.1 Å². The topological polar surface area (TPSA) is 72.5 Å². The first-order valence-corrected chi connectivity index (χ1v) is 6.33. The van der Waals surface area contributed by atoms with E-state index in [1.165, 1.54) is 26.2 Å². The summed E-state index contributed by atoms with van der Waals surface area (Å²) in [6, 6.07) is 6.02. The molecule has 0 unspecified atom stereocenters. The maximum atomic E-state index is 11.7. The summed E-state index contributed by atoms with van der Waals surface area (Å²) >= 11 is 0. The van der Waals surface area contributed by atoms with Crippen LogP contribution in [0.25, 0.3) is 0 Å². The van der Waals surface area contributed by atoms with Gasteiger partial charge in [-0.3, -0.25) is 9.63 Å². The molecule has 0 radical (unpaired) electrons. The standard InChI is InChI=1S/C10H13NO4S/c1-3-16(13,14)9-7-5-4-6-8(9)10(12)11-15-2/h4-7H,3H2,1-2H3,(H,11,12). The Kier molecular flexibility index (Phi) is 4.03. The summed E-state index contributed by atoms with van der Waals surface area (Å²) in [6.07, 6.45) is 0. The van der Waals surface area contributed by atoms with Crippen molar-refractivity contribution in [2.75, 3.05) is 12.9 Å². The maximum absolute atomic E-state index is 11.7. The van der Waals surface area contributed by atoms with Gasteiger partial charge >= 0.3 is 0 Å². The number of nitrogens with one attached hydrogen (secondary N) is 1. The van der Waals surface area contributed by atoms with E-state index in [0.29, 0.717) is 0 Å². The van der Waals surface area contributed by atoms with Crippen molar-refractivity contribution >= 4 is 15.7 Å². The molecule has 0 atom stereocenters. The first kappa shape index (κ1) is 12.7. The third-order valence-electron chi connectivity index (χ3n) is 2.04. The molecule has 5 nitrogen and oxygen atoms in total. The number of benzene rings is 1. The van der Waals surface area contributed by atoms with E-state index in [2.05, 4.69) is 10.3 Å². The largest absolute Gasteiger partial charge is 0.277 e. The van der Waals surface area contributed by atoms with E-state index >= 15 is 0 Å². The van der Waals surface area contributed by atoms with Gasteiger partial charge in [0.2, 0.25) is 0 Å². The van der Waals surface area contributed by atoms with E-state index in [1.807, 2.05) is 0 Å². The van der Waals surface area contributed by atoms with Crippen LogP contribution in [0.5, 0.6) is 0 Å². The molecule has 0 saturated heterocycles. The molecule has 0 spiro atoms. The van der Waals surface area contributed by atoms with Gasteiger partial charge in [0.05, 0.1) is 23.3 Å². The second-order valence-electron chi connectivity index (χ2n) is 3.03. The fourth-order valence-corrected chi connectivity index (χ4v) is 2.32. The van der Waals surface area contributed by atoms with Crippen molar-refractivity contribution in [1.29, 1.82) is 0 Å². The number of hydroxylamine groups is 1. The van der Waals surface area contributed by atoms with Gasteiger partial charge in [-0.05, 0) is 12.1 Å². The van der Waals surface area contributed by atoms with Gasteiger partial charge in [0, 0.05) is 0 Å². The molecule has 0 aliphatic heterocycles. The van der Waals surface area contributed by atoms with Crippen molar-refractivity contribution in [1.82, 2.24) is 5.48 Å². The molecule has 0 fully saturated rings. The summed E-state index contributed by atoms with van der Waals surface area (Å²) in [4.78, 5) is 16.0. The van der Waals surface area contributed by atoms with Gasteiger partial charge in [-0.15, -0.1) is 0 Å². The normalized spacial score (nSPS) is 11.1. The van der Waals surface area contributed by atoms with Crippen LogP contribution in [0, 0.1) is 0 Å². The lowest BCUT2D eigenvalue weighted by molar-refractivity contribution is 0.0534. The monoisotopic (exact) mass is 243 g/mol. The van der Waals surface area contributed by atoms with Crippen LogP contribution >= 0.6 is 0 Å². The maximum Gasteiger partial charge on any atom is 0.276 e. The number of hydrogen-bond acceptors (Lipinski definition) is 4. The third kappa shape index (κ3) is 2.59. The second-order valence-corrected chi connectivity index (χ2v) is 5.28. The van der Waals surface area contributed by atoms with Gasteiger partial charge in [-0.25, -0.2) is 13.9 Å². The smallest absolute Gasteiger partial charge is 0.276 e. The van der Waals surface area contributed by atoms with Crippen molar-refractivity contribution in [2.24, 2.45) is 0 Å². The van der Waals surface area contributed by atoms with Crippen LogP contribution < -0.4 is 5.48 Å². The van der Waals surface area contributed by atoms with Crippen LogP contribution in [-0.2, 0) is 14.7 Å². The molecule has 0 aliphatic rings. The molecule has 0 aliphatic carbocycles. The summed E-state index contributed by atoms with van der Waals surface area (Å²) in [7, 11) is -2.12. The lowest BCUT2D eigenvalue weighted by Gasteiger charge is -2.08. The minimum atomic E-state index is -3.41. The molecule has 1 amide bonds. The molecular weight excluding hydrogens is 230 g/mol. The Morgan fingerprint density at radius 1 is 1.38 bits per heavy atom. The Balaban J connectivity index is 3.26. The Labute approximate surface area is 94.3 Å². The van der Waals surface area contributed by atoms with Crippen molar-refractivity contribution in [3.05, 3.63) is 29.8 Å². The quantitative estimate of drug-likeness (QED) is 0.793. The van der Waals surface area contributed by atoms with E-state index in [9.17, 15) is 13.2 Å². The highest BCUT2D eigenvalue weighted by molar-refractivity contribution is 7.91. The van der Waals surface area contributed by atoms with Crippen LogP contribution in [0.15, 0.2) is 29.2 Å². The van der Waals surface area contributed by atoms with E-state index in [1.54, 1.807) is 12.1 Å². The van der Waals surface area contributed by atoms with Crippen LogP contribution in [-0.4, -0.2) is 27.2 Å². The molecule has 1 aromatic carbocycles. The molecule has 6 heteroatoms. The van der Waals surface area contributed by atoms with E-state index in [0.717, 1.165) is 0 Å². The molecule has 0 saturated carbocycles. The van der Waals surface area contributed by atoms with Gasteiger partial charge in [0.1, 0.15) is 0 Å². The summed E-state index contributed by atoms with van der Waals surface area (Å²) in [5, 5.41) is 0. The van der Waals surface area contributed by atoms with Gasteiger partial charge < -0.3 is 0 Å².